The number of likely N-dealkylation sites (tertiary alicyclic amines) is 1. The number of nitrogens with two attached hydrogens (primary N) is 1. The molecular weight excluding hydrogens is 210 g/mol. The predicted octanol–water partition coefficient (Wildman–Crippen LogP) is 0.819. The number of hydrogen-bond donors (Lipinski definition) is 1. The topological polar surface area (TPSA) is 58.7 Å². The highest BCUT2D eigenvalue weighted by Crippen LogP contribution is 2.25. The Labute approximate surface area is 94.4 Å². The Kier molecular flexibility index (Phi) is 3.64. The molecule has 0 aromatic heterocycles. The molecule has 0 aromatic rings. The third kappa shape index (κ3) is 2.95. The van der Waals surface area contributed by atoms with Crippen molar-refractivity contribution in [1.29, 1.82) is 0 Å². The average molecular weight is 227 g/mol. The standard InChI is InChI=1S/C10H17N3OS/c11-10(14)9-6-8(12-15-9)7-13-4-2-1-3-5-13/h9H,1-7H2,(H2,11,14). The van der Waals surface area contributed by atoms with Crippen LogP contribution in [0.25, 0.3) is 0 Å². The van der Waals surface area contributed by atoms with Gasteiger partial charge in [0.25, 0.3) is 0 Å². The molecule has 2 N–H and O–H groups in total. The predicted molar refractivity (Wildman–Crippen MR) is 62.9 cm³/mol. The second-order valence-electron chi connectivity index (χ2n) is 4.19. The Balaban J connectivity index is 1.78. The molecule has 5 heteroatoms. The Morgan fingerprint density at radius 2 is 2.20 bits per heavy atom. The van der Waals surface area contributed by atoms with Crippen molar-refractivity contribution in [2.75, 3.05) is 19.6 Å². The molecule has 2 heterocycles. The maximum absolute atomic E-state index is 11.0. The van der Waals surface area contributed by atoms with E-state index in [0.717, 1.165) is 18.7 Å². The number of nitrogens with zero attached hydrogens (tertiary/aromatic N) is 2. The van der Waals surface area contributed by atoms with Crippen molar-refractivity contribution in [2.24, 2.45) is 10.1 Å². The molecule has 0 spiro atoms. The molecule has 0 aliphatic carbocycles. The Morgan fingerprint density at radius 3 is 2.80 bits per heavy atom. The van der Waals surface area contributed by atoms with Crippen LogP contribution >= 0.6 is 11.9 Å². The van der Waals surface area contributed by atoms with Gasteiger partial charge in [0.1, 0.15) is 5.25 Å². The minimum atomic E-state index is -0.239. The lowest BCUT2D eigenvalue weighted by molar-refractivity contribution is -0.117. The van der Waals surface area contributed by atoms with Gasteiger partial charge in [-0.3, -0.25) is 9.69 Å². The van der Waals surface area contributed by atoms with E-state index in [1.807, 2.05) is 0 Å². The van der Waals surface area contributed by atoms with E-state index >= 15 is 0 Å². The second kappa shape index (κ2) is 4.99. The fourth-order valence-corrected chi connectivity index (χ4v) is 2.83. The Morgan fingerprint density at radius 1 is 1.47 bits per heavy atom. The number of piperidine rings is 1. The lowest BCUT2D eigenvalue weighted by Gasteiger charge is -2.26. The van der Waals surface area contributed by atoms with Gasteiger partial charge in [-0.15, -0.1) is 0 Å². The Bertz CT molecular complexity index is 274. The summed E-state index contributed by atoms with van der Waals surface area (Å²) in [5.41, 5.74) is 6.38. The number of hydrogen-bond acceptors (Lipinski definition) is 4. The van der Waals surface area contributed by atoms with Crippen LogP contribution in [0.1, 0.15) is 25.7 Å². The van der Waals surface area contributed by atoms with Crippen LogP contribution in [0, 0.1) is 0 Å². The van der Waals surface area contributed by atoms with Gasteiger partial charge in [0.15, 0.2) is 0 Å². The fourth-order valence-electron chi connectivity index (χ4n) is 2.05. The molecule has 1 atom stereocenters. The van der Waals surface area contributed by atoms with Crippen molar-refractivity contribution in [3.8, 4) is 0 Å². The number of primary amides is 1. The van der Waals surface area contributed by atoms with E-state index in [0.29, 0.717) is 0 Å². The normalized spacial score (nSPS) is 27.7. The average Bonchev–Trinajstić information content (AvgIpc) is 2.68. The van der Waals surface area contributed by atoms with Crippen molar-refractivity contribution in [3.05, 3.63) is 0 Å². The summed E-state index contributed by atoms with van der Waals surface area (Å²) in [7, 11) is 0. The van der Waals surface area contributed by atoms with E-state index in [2.05, 4.69) is 9.30 Å². The highest BCUT2D eigenvalue weighted by molar-refractivity contribution is 7.99. The van der Waals surface area contributed by atoms with Gasteiger partial charge in [-0.25, -0.2) is 4.40 Å². The van der Waals surface area contributed by atoms with Crippen LogP contribution < -0.4 is 5.73 Å². The SMILES string of the molecule is NC(=O)C1CC(CN2CCCCC2)=NS1. The summed E-state index contributed by atoms with van der Waals surface area (Å²) in [6.07, 6.45) is 4.68. The van der Waals surface area contributed by atoms with E-state index in [1.165, 1.54) is 44.3 Å². The van der Waals surface area contributed by atoms with E-state index in [-0.39, 0.29) is 11.2 Å². The van der Waals surface area contributed by atoms with E-state index in [1.54, 1.807) is 0 Å². The summed E-state index contributed by atoms with van der Waals surface area (Å²) < 4.78 is 4.32. The van der Waals surface area contributed by atoms with Gasteiger partial charge in [0.2, 0.25) is 5.91 Å². The van der Waals surface area contributed by atoms with Crippen molar-refractivity contribution < 1.29 is 4.79 Å². The lowest BCUT2D eigenvalue weighted by Crippen LogP contribution is -2.35. The van der Waals surface area contributed by atoms with Crippen LogP contribution in [0.4, 0.5) is 0 Å². The molecule has 1 fully saturated rings. The number of carbonyl (C=O) groups is 1. The maximum atomic E-state index is 11.0. The molecule has 2 aliphatic heterocycles. The van der Waals surface area contributed by atoms with Gasteiger partial charge >= 0.3 is 0 Å². The molecule has 2 rings (SSSR count). The van der Waals surface area contributed by atoms with Crippen molar-refractivity contribution in [1.82, 2.24) is 4.90 Å². The molecule has 15 heavy (non-hydrogen) atoms. The monoisotopic (exact) mass is 227 g/mol. The molecule has 0 radical (unpaired) electrons. The largest absolute Gasteiger partial charge is 0.369 e. The van der Waals surface area contributed by atoms with Gasteiger partial charge in [-0.05, 0) is 37.9 Å². The summed E-state index contributed by atoms with van der Waals surface area (Å²) in [5, 5.41) is -0.121. The molecule has 84 valence electrons. The first-order valence-electron chi connectivity index (χ1n) is 5.49. The van der Waals surface area contributed by atoms with E-state index < -0.39 is 0 Å². The fraction of sp³-hybridized carbons (Fsp3) is 0.800. The highest BCUT2D eigenvalue weighted by Gasteiger charge is 2.25. The molecule has 0 saturated carbocycles. The minimum Gasteiger partial charge on any atom is -0.369 e. The summed E-state index contributed by atoms with van der Waals surface area (Å²) in [6, 6.07) is 0. The number of amides is 1. The van der Waals surface area contributed by atoms with Gasteiger partial charge < -0.3 is 5.73 Å². The second-order valence-corrected chi connectivity index (χ2v) is 5.16. The van der Waals surface area contributed by atoms with Crippen LogP contribution in [0.2, 0.25) is 0 Å². The third-order valence-corrected chi connectivity index (χ3v) is 3.92. The summed E-state index contributed by atoms with van der Waals surface area (Å²) in [6.45, 7) is 3.27. The molecule has 4 nitrogen and oxygen atoms in total. The zero-order chi connectivity index (χ0) is 10.7. The summed E-state index contributed by atoms with van der Waals surface area (Å²) in [5.74, 6) is -0.239. The van der Waals surface area contributed by atoms with Crippen LogP contribution in [-0.2, 0) is 4.79 Å². The van der Waals surface area contributed by atoms with Crippen LogP contribution in [0.3, 0.4) is 0 Å². The molecule has 1 amide bonds. The summed E-state index contributed by atoms with van der Waals surface area (Å²) >= 11 is 1.33. The molecule has 2 aliphatic rings. The molecule has 0 bridgehead atoms. The Hall–Kier alpha value is -0.550. The molecular formula is C10H17N3OS. The van der Waals surface area contributed by atoms with Crippen molar-refractivity contribution >= 4 is 23.6 Å². The molecule has 1 unspecified atom stereocenters. The van der Waals surface area contributed by atoms with E-state index in [4.69, 9.17) is 5.73 Å². The first kappa shape index (κ1) is 11.0. The third-order valence-electron chi connectivity index (χ3n) is 2.90. The van der Waals surface area contributed by atoms with Gasteiger partial charge in [0, 0.05) is 18.7 Å². The van der Waals surface area contributed by atoms with Crippen molar-refractivity contribution in [3.63, 3.8) is 0 Å². The van der Waals surface area contributed by atoms with Crippen LogP contribution in [0.15, 0.2) is 4.40 Å². The van der Waals surface area contributed by atoms with E-state index in [9.17, 15) is 4.79 Å². The van der Waals surface area contributed by atoms with Gasteiger partial charge in [-0.2, -0.15) is 0 Å². The first-order chi connectivity index (χ1) is 7.25. The zero-order valence-electron chi connectivity index (χ0n) is 8.82. The van der Waals surface area contributed by atoms with Crippen LogP contribution in [-0.4, -0.2) is 41.4 Å². The van der Waals surface area contributed by atoms with Gasteiger partial charge in [0.05, 0.1) is 0 Å². The summed E-state index contributed by atoms with van der Waals surface area (Å²) in [4.78, 5) is 13.4. The smallest absolute Gasteiger partial charge is 0.232 e. The first-order valence-corrected chi connectivity index (χ1v) is 6.32. The van der Waals surface area contributed by atoms with Crippen molar-refractivity contribution in [2.45, 2.75) is 30.9 Å². The maximum Gasteiger partial charge on any atom is 0.232 e. The zero-order valence-corrected chi connectivity index (χ0v) is 9.63. The minimum absolute atomic E-state index is 0.121. The molecule has 0 aromatic carbocycles. The molecule has 1 saturated heterocycles. The quantitative estimate of drug-likeness (QED) is 0.726. The van der Waals surface area contributed by atoms with Crippen LogP contribution in [0.5, 0.6) is 0 Å². The highest BCUT2D eigenvalue weighted by atomic mass is 32.2. The lowest BCUT2D eigenvalue weighted by atomic mass is 10.1. The number of carbonyl (C=O) groups excluding carboxylic acids is 1. The van der Waals surface area contributed by atoms with Gasteiger partial charge in [-0.1, -0.05) is 6.42 Å². The number of rotatable bonds is 3.